The van der Waals surface area contributed by atoms with Crippen LogP contribution in [0.25, 0.3) is 0 Å². The van der Waals surface area contributed by atoms with E-state index in [0.29, 0.717) is 16.4 Å². The summed E-state index contributed by atoms with van der Waals surface area (Å²) in [7, 11) is 1.72. The number of para-hydroxylation sites is 1. The van der Waals surface area contributed by atoms with Crippen molar-refractivity contribution in [1.82, 2.24) is 4.90 Å². The van der Waals surface area contributed by atoms with Gasteiger partial charge in [0, 0.05) is 10.2 Å². The second-order valence-corrected chi connectivity index (χ2v) is 6.94. The first-order chi connectivity index (χ1) is 11.9. The molecule has 2 rings (SSSR count). The summed E-state index contributed by atoms with van der Waals surface area (Å²) in [4.78, 5) is 26.1. The number of benzene rings is 2. The molecule has 0 saturated heterocycles. The maximum atomic E-state index is 12.3. The minimum atomic E-state index is -0.472. The molecule has 2 aromatic carbocycles. The first-order valence-electron chi connectivity index (χ1n) is 7.68. The predicted molar refractivity (Wildman–Crippen MR) is 105 cm³/mol. The Labute approximate surface area is 160 Å². The van der Waals surface area contributed by atoms with Gasteiger partial charge in [-0.15, -0.1) is 0 Å². The molecule has 5 nitrogen and oxygen atoms in total. The largest absolute Gasteiger partial charge is 0.325 e. The Morgan fingerprint density at radius 3 is 2.40 bits per heavy atom. The van der Waals surface area contributed by atoms with E-state index in [1.807, 2.05) is 12.1 Å². The van der Waals surface area contributed by atoms with Crippen molar-refractivity contribution in [2.24, 2.45) is 0 Å². The lowest BCUT2D eigenvalue weighted by Crippen LogP contribution is -2.43. The lowest BCUT2D eigenvalue weighted by atomic mass is 10.2. The van der Waals surface area contributed by atoms with Crippen LogP contribution in [-0.4, -0.2) is 36.3 Å². The van der Waals surface area contributed by atoms with Crippen LogP contribution in [0.4, 0.5) is 11.4 Å². The number of amides is 2. The molecule has 0 radical (unpaired) electrons. The van der Waals surface area contributed by atoms with Crippen LogP contribution in [0.3, 0.4) is 0 Å². The number of hydrogen-bond acceptors (Lipinski definition) is 3. The topological polar surface area (TPSA) is 61.4 Å². The highest BCUT2D eigenvalue weighted by molar-refractivity contribution is 9.10. The molecular formula is C18H19BrClN3O2. The van der Waals surface area contributed by atoms with Gasteiger partial charge in [-0.2, -0.15) is 0 Å². The fraction of sp³-hybridized carbons (Fsp3) is 0.222. The van der Waals surface area contributed by atoms with E-state index >= 15 is 0 Å². The number of likely N-dealkylation sites (N-methyl/N-ethyl adjacent to an activating group) is 1. The highest BCUT2D eigenvalue weighted by Crippen LogP contribution is 2.20. The fourth-order valence-electron chi connectivity index (χ4n) is 2.10. The van der Waals surface area contributed by atoms with Gasteiger partial charge in [0.2, 0.25) is 11.8 Å². The summed E-state index contributed by atoms with van der Waals surface area (Å²) in [6.45, 7) is 1.82. The first kappa shape index (κ1) is 19.4. The molecule has 2 amide bonds. The Kier molecular flexibility index (Phi) is 6.99. The van der Waals surface area contributed by atoms with E-state index in [0.717, 1.165) is 4.47 Å². The van der Waals surface area contributed by atoms with Gasteiger partial charge >= 0.3 is 0 Å². The first-order valence-corrected chi connectivity index (χ1v) is 8.85. The summed E-state index contributed by atoms with van der Waals surface area (Å²) in [5.74, 6) is -0.422. The van der Waals surface area contributed by atoms with Crippen LogP contribution in [0, 0.1) is 0 Å². The third-order valence-electron chi connectivity index (χ3n) is 3.69. The number of rotatable bonds is 6. The van der Waals surface area contributed by atoms with Crippen LogP contribution >= 0.6 is 27.5 Å². The molecule has 0 saturated carbocycles. The number of nitrogens with zero attached hydrogens (tertiary/aromatic N) is 1. The summed E-state index contributed by atoms with van der Waals surface area (Å²) >= 11 is 9.37. The number of nitrogens with one attached hydrogen (secondary N) is 2. The van der Waals surface area contributed by atoms with E-state index in [-0.39, 0.29) is 18.4 Å². The van der Waals surface area contributed by atoms with Gasteiger partial charge in [-0.1, -0.05) is 39.7 Å². The summed E-state index contributed by atoms with van der Waals surface area (Å²) in [6, 6.07) is 13.8. The van der Waals surface area contributed by atoms with Crippen LogP contribution in [0.15, 0.2) is 53.0 Å². The van der Waals surface area contributed by atoms with Gasteiger partial charge in [0.25, 0.3) is 0 Å². The average molecular weight is 425 g/mol. The van der Waals surface area contributed by atoms with Crippen LogP contribution < -0.4 is 10.6 Å². The van der Waals surface area contributed by atoms with Crippen molar-refractivity contribution in [3.63, 3.8) is 0 Å². The Morgan fingerprint density at radius 2 is 1.76 bits per heavy atom. The van der Waals surface area contributed by atoms with Crippen LogP contribution in [0.2, 0.25) is 5.02 Å². The number of anilines is 2. The van der Waals surface area contributed by atoms with E-state index in [4.69, 9.17) is 11.6 Å². The van der Waals surface area contributed by atoms with Gasteiger partial charge in [0.15, 0.2) is 0 Å². The van der Waals surface area contributed by atoms with Gasteiger partial charge in [-0.3, -0.25) is 14.5 Å². The number of carbonyl (C=O) groups is 2. The lowest BCUT2D eigenvalue weighted by molar-refractivity contribution is -0.122. The zero-order valence-electron chi connectivity index (χ0n) is 13.9. The summed E-state index contributed by atoms with van der Waals surface area (Å²) in [6.07, 6.45) is 0. The van der Waals surface area contributed by atoms with Gasteiger partial charge in [0.05, 0.1) is 23.3 Å². The van der Waals surface area contributed by atoms with Crippen LogP contribution in [0.5, 0.6) is 0 Å². The van der Waals surface area contributed by atoms with Crippen molar-refractivity contribution in [1.29, 1.82) is 0 Å². The zero-order valence-corrected chi connectivity index (χ0v) is 16.3. The molecule has 25 heavy (non-hydrogen) atoms. The maximum absolute atomic E-state index is 12.3. The van der Waals surface area contributed by atoms with Crippen molar-refractivity contribution < 1.29 is 9.59 Å². The van der Waals surface area contributed by atoms with E-state index in [2.05, 4.69) is 26.6 Å². The van der Waals surface area contributed by atoms with Crippen molar-refractivity contribution in [3.05, 3.63) is 58.0 Å². The van der Waals surface area contributed by atoms with Crippen LogP contribution in [-0.2, 0) is 9.59 Å². The molecule has 0 aliphatic carbocycles. The molecule has 0 aromatic heterocycles. The van der Waals surface area contributed by atoms with Crippen molar-refractivity contribution in [2.75, 3.05) is 24.2 Å². The molecule has 1 atom stereocenters. The third kappa shape index (κ3) is 5.85. The Bertz CT molecular complexity index is 752. The molecule has 0 fully saturated rings. The van der Waals surface area contributed by atoms with Crippen LogP contribution in [0.1, 0.15) is 6.92 Å². The zero-order chi connectivity index (χ0) is 18.4. The van der Waals surface area contributed by atoms with E-state index in [1.54, 1.807) is 55.3 Å². The van der Waals surface area contributed by atoms with E-state index in [9.17, 15) is 9.59 Å². The fourth-order valence-corrected chi connectivity index (χ4v) is 2.54. The lowest BCUT2D eigenvalue weighted by Gasteiger charge is -2.23. The minimum absolute atomic E-state index is 0.0696. The smallest absolute Gasteiger partial charge is 0.241 e. The van der Waals surface area contributed by atoms with Gasteiger partial charge in [0.1, 0.15) is 0 Å². The SMILES string of the molecule is CC(C(=O)Nc1ccc(Br)cc1)N(C)CC(=O)Nc1ccccc1Cl. The average Bonchev–Trinajstić information content (AvgIpc) is 2.58. The summed E-state index contributed by atoms with van der Waals surface area (Å²) in [5, 5.41) is 6.04. The van der Waals surface area contributed by atoms with Gasteiger partial charge in [-0.25, -0.2) is 0 Å². The normalized spacial score (nSPS) is 11.9. The quantitative estimate of drug-likeness (QED) is 0.737. The molecule has 2 N–H and O–H groups in total. The molecule has 0 spiro atoms. The Balaban J connectivity index is 1.89. The monoisotopic (exact) mass is 423 g/mol. The van der Waals surface area contributed by atoms with E-state index < -0.39 is 6.04 Å². The van der Waals surface area contributed by atoms with E-state index in [1.165, 1.54) is 0 Å². The van der Waals surface area contributed by atoms with Crippen molar-refractivity contribution in [3.8, 4) is 0 Å². The molecule has 132 valence electrons. The highest BCUT2D eigenvalue weighted by atomic mass is 79.9. The minimum Gasteiger partial charge on any atom is -0.325 e. The molecule has 0 aliphatic heterocycles. The second-order valence-electron chi connectivity index (χ2n) is 5.62. The molecule has 7 heteroatoms. The standard InChI is InChI=1S/C18H19BrClN3O2/c1-12(18(25)21-14-9-7-13(19)8-10-14)23(2)11-17(24)22-16-6-4-3-5-15(16)20/h3-10,12H,11H2,1-2H3,(H,21,25)(H,22,24). The molecule has 0 aliphatic rings. The molecule has 2 aromatic rings. The van der Waals surface area contributed by atoms with Gasteiger partial charge < -0.3 is 10.6 Å². The molecular weight excluding hydrogens is 406 g/mol. The molecule has 0 heterocycles. The number of hydrogen-bond donors (Lipinski definition) is 2. The summed E-state index contributed by atoms with van der Waals surface area (Å²) in [5.41, 5.74) is 1.25. The maximum Gasteiger partial charge on any atom is 0.241 e. The number of halogens is 2. The predicted octanol–water partition coefficient (Wildman–Crippen LogP) is 4.00. The molecule has 0 bridgehead atoms. The third-order valence-corrected chi connectivity index (χ3v) is 4.55. The summed E-state index contributed by atoms with van der Waals surface area (Å²) < 4.78 is 0.937. The Hall–Kier alpha value is -1.89. The highest BCUT2D eigenvalue weighted by Gasteiger charge is 2.20. The van der Waals surface area contributed by atoms with Gasteiger partial charge in [-0.05, 0) is 50.4 Å². The Morgan fingerprint density at radius 1 is 1.12 bits per heavy atom. The number of carbonyl (C=O) groups excluding carboxylic acids is 2. The second kappa shape index (κ2) is 8.99. The van der Waals surface area contributed by atoms with Crippen molar-refractivity contribution >= 4 is 50.7 Å². The van der Waals surface area contributed by atoms with Crippen molar-refractivity contribution in [2.45, 2.75) is 13.0 Å². The molecule has 1 unspecified atom stereocenters.